The largest absolute Gasteiger partial charge is 0.311 e. The number of benzene rings is 3. The minimum Gasteiger partial charge on any atom is -0.311 e. The van der Waals surface area contributed by atoms with Gasteiger partial charge in [0.2, 0.25) is 5.82 Å². The van der Waals surface area contributed by atoms with Crippen molar-refractivity contribution in [3.05, 3.63) is 90.8 Å². The summed E-state index contributed by atoms with van der Waals surface area (Å²) in [5.41, 5.74) is 4.14. The van der Waals surface area contributed by atoms with Crippen LogP contribution in [0.1, 0.15) is 5.82 Å². The van der Waals surface area contributed by atoms with E-state index in [1.807, 2.05) is 48.5 Å². The van der Waals surface area contributed by atoms with E-state index in [0.717, 1.165) is 22.6 Å². The molecule has 0 saturated carbocycles. The molecule has 0 unspecified atom stereocenters. The molecule has 1 aromatic heterocycles. The van der Waals surface area contributed by atoms with Gasteiger partial charge in [0.25, 0.3) is 0 Å². The third-order valence-electron chi connectivity index (χ3n) is 3.99. The van der Waals surface area contributed by atoms with Crippen molar-refractivity contribution in [2.45, 2.75) is 6.92 Å². The van der Waals surface area contributed by atoms with E-state index in [1.54, 1.807) is 6.92 Å². The monoisotopic (exact) mass is 339 g/mol. The highest BCUT2D eigenvalue weighted by atomic mass is 15.3. The summed E-state index contributed by atoms with van der Waals surface area (Å²) in [6, 6.07) is 28.7. The van der Waals surface area contributed by atoms with Crippen LogP contribution in [0.3, 0.4) is 0 Å². The van der Waals surface area contributed by atoms with Gasteiger partial charge in [0.15, 0.2) is 5.82 Å². The number of hydrogen-bond donors (Lipinski definition) is 0. The van der Waals surface area contributed by atoms with Crippen molar-refractivity contribution in [1.29, 1.82) is 0 Å². The molecule has 5 nitrogen and oxygen atoms in total. The lowest BCUT2D eigenvalue weighted by Crippen LogP contribution is -2.09. The second-order valence-electron chi connectivity index (χ2n) is 5.82. The number of nitrogens with zero attached hydrogens (tertiary/aromatic N) is 5. The van der Waals surface area contributed by atoms with Crippen LogP contribution in [0.5, 0.6) is 0 Å². The predicted molar refractivity (Wildman–Crippen MR) is 102 cm³/mol. The zero-order valence-electron chi connectivity index (χ0n) is 14.3. The number of aryl methyl sites for hydroxylation is 1. The van der Waals surface area contributed by atoms with Crippen LogP contribution in [-0.4, -0.2) is 20.4 Å². The molecule has 126 valence electrons. The van der Waals surface area contributed by atoms with E-state index < -0.39 is 0 Å². The lowest BCUT2D eigenvalue weighted by atomic mass is 10.1. The Hall–Kier alpha value is -3.60. The Kier molecular flexibility index (Phi) is 4.35. The van der Waals surface area contributed by atoms with E-state index in [-0.39, 0.29) is 0 Å². The van der Waals surface area contributed by atoms with Crippen LogP contribution in [0.25, 0.3) is 11.4 Å². The molecular weight excluding hydrogens is 322 g/mol. The fourth-order valence-electron chi connectivity index (χ4n) is 2.76. The highest BCUT2D eigenvalue weighted by Gasteiger charge is 2.12. The maximum atomic E-state index is 4.10. The standard InChI is InChI=1S/C21H17N5/c1-16-22-24-21(25-23-16)17-12-14-20(15-13-17)26(18-8-4-2-5-9-18)19-10-6-3-7-11-19/h2-15H,1H3. The van der Waals surface area contributed by atoms with Gasteiger partial charge in [-0.25, -0.2) is 0 Å². The van der Waals surface area contributed by atoms with Crippen molar-refractivity contribution in [2.75, 3.05) is 4.90 Å². The molecule has 0 N–H and O–H groups in total. The molecule has 4 aromatic rings. The normalized spacial score (nSPS) is 10.5. The molecule has 0 fully saturated rings. The molecule has 26 heavy (non-hydrogen) atoms. The maximum absolute atomic E-state index is 4.10. The first-order valence-corrected chi connectivity index (χ1v) is 8.36. The number of anilines is 3. The summed E-state index contributed by atoms with van der Waals surface area (Å²) in [5.74, 6) is 1.08. The Morgan fingerprint density at radius 2 is 1.00 bits per heavy atom. The Labute approximate surface area is 152 Å². The lowest BCUT2D eigenvalue weighted by molar-refractivity contribution is 0.816. The minimum absolute atomic E-state index is 0.521. The summed E-state index contributed by atoms with van der Waals surface area (Å²) in [5, 5.41) is 16.2. The first-order valence-electron chi connectivity index (χ1n) is 8.36. The van der Waals surface area contributed by atoms with Crippen LogP contribution in [0, 0.1) is 6.92 Å². The average Bonchev–Trinajstić information content (AvgIpc) is 2.71. The summed E-state index contributed by atoms with van der Waals surface area (Å²) < 4.78 is 0. The van der Waals surface area contributed by atoms with E-state index in [9.17, 15) is 0 Å². The summed E-state index contributed by atoms with van der Waals surface area (Å²) in [4.78, 5) is 2.20. The highest BCUT2D eigenvalue weighted by molar-refractivity contribution is 5.77. The molecule has 4 rings (SSSR count). The molecule has 0 radical (unpaired) electrons. The maximum Gasteiger partial charge on any atom is 0.203 e. The molecule has 0 saturated heterocycles. The zero-order chi connectivity index (χ0) is 17.8. The van der Waals surface area contributed by atoms with Gasteiger partial charge in [-0.05, 0) is 55.5 Å². The van der Waals surface area contributed by atoms with Gasteiger partial charge in [-0.1, -0.05) is 36.4 Å². The molecule has 0 aliphatic heterocycles. The average molecular weight is 339 g/mol. The highest BCUT2D eigenvalue weighted by Crippen LogP contribution is 2.34. The van der Waals surface area contributed by atoms with Crippen LogP contribution >= 0.6 is 0 Å². The van der Waals surface area contributed by atoms with E-state index in [2.05, 4.69) is 61.7 Å². The smallest absolute Gasteiger partial charge is 0.203 e. The summed E-state index contributed by atoms with van der Waals surface area (Å²) in [6.45, 7) is 1.77. The van der Waals surface area contributed by atoms with E-state index in [0.29, 0.717) is 11.6 Å². The quantitative estimate of drug-likeness (QED) is 0.539. The fourth-order valence-corrected chi connectivity index (χ4v) is 2.76. The van der Waals surface area contributed by atoms with Crippen LogP contribution in [-0.2, 0) is 0 Å². The Bertz CT molecular complexity index is 929. The van der Waals surface area contributed by atoms with E-state index in [1.165, 1.54) is 0 Å². The van der Waals surface area contributed by atoms with Crippen LogP contribution in [0.4, 0.5) is 17.1 Å². The number of para-hydroxylation sites is 2. The van der Waals surface area contributed by atoms with Gasteiger partial charge in [0.05, 0.1) is 0 Å². The van der Waals surface area contributed by atoms with E-state index in [4.69, 9.17) is 0 Å². The van der Waals surface area contributed by atoms with Gasteiger partial charge in [-0.15, -0.1) is 20.4 Å². The van der Waals surface area contributed by atoms with Gasteiger partial charge in [0, 0.05) is 22.6 Å². The molecule has 1 heterocycles. The Balaban J connectivity index is 1.73. The number of hydrogen-bond acceptors (Lipinski definition) is 5. The van der Waals surface area contributed by atoms with Gasteiger partial charge in [0.1, 0.15) is 0 Å². The topological polar surface area (TPSA) is 54.8 Å². The molecule has 3 aromatic carbocycles. The second-order valence-corrected chi connectivity index (χ2v) is 5.82. The summed E-state index contributed by atoms with van der Waals surface area (Å²) >= 11 is 0. The third-order valence-corrected chi connectivity index (χ3v) is 3.99. The molecule has 0 bridgehead atoms. The van der Waals surface area contributed by atoms with Crippen LogP contribution in [0.15, 0.2) is 84.9 Å². The van der Waals surface area contributed by atoms with Crippen LogP contribution in [0.2, 0.25) is 0 Å². The SMILES string of the molecule is Cc1nnc(-c2ccc(N(c3ccccc3)c3ccccc3)cc2)nn1. The summed E-state index contributed by atoms with van der Waals surface area (Å²) in [7, 11) is 0. The molecule has 0 spiro atoms. The second kappa shape index (κ2) is 7.11. The van der Waals surface area contributed by atoms with Crippen molar-refractivity contribution in [2.24, 2.45) is 0 Å². The molecule has 5 heteroatoms. The third kappa shape index (κ3) is 3.28. The first-order chi connectivity index (χ1) is 12.8. The van der Waals surface area contributed by atoms with E-state index >= 15 is 0 Å². The minimum atomic E-state index is 0.521. The van der Waals surface area contributed by atoms with Crippen molar-refractivity contribution in [3.8, 4) is 11.4 Å². The van der Waals surface area contributed by atoms with Crippen molar-refractivity contribution >= 4 is 17.1 Å². The van der Waals surface area contributed by atoms with Crippen molar-refractivity contribution in [3.63, 3.8) is 0 Å². The Morgan fingerprint density at radius 1 is 0.538 bits per heavy atom. The number of aromatic nitrogens is 4. The van der Waals surface area contributed by atoms with Crippen molar-refractivity contribution < 1.29 is 0 Å². The molecule has 0 amide bonds. The van der Waals surface area contributed by atoms with Gasteiger partial charge in [-0.3, -0.25) is 0 Å². The van der Waals surface area contributed by atoms with Crippen molar-refractivity contribution in [1.82, 2.24) is 20.4 Å². The van der Waals surface area contributed by atoms with Crippen LogP contribution < -0.4 is 4.90 Å². The molecule has 0 aliphatic carbocycles. The van der Waals surface area contributed by atoms with Gasteiger partial charge < -0.3 is 4.90 Å². The van der Waals surface area contributed by atoms with Gasteiger partial charge in [-0.2, -0.15) is 0 Å². The predicted octanol–water partition coefficient (Wildman–Crippen LogP) is 4.71. The number of rotatable bonds is 4. The first kappa shape index (κ1) is 15.9. The lowest BCUT2D eigenvalue weighted by Gasteiger charge is -2.25. The molecular formula is C21H17N5. The Morgan fingerprint density at radius 3 is 1.50 bits per heavy atom. The zero-order valence-corrected chi connectivity index (χ0v) is 14.3. The van der Waals surface area contributed by atoms with Gasteiger partial charge >= 0.3 is 0 Å². The molecule has 0 atom stereocenters. The summed E-state index contributed by atoms with van der Waals surface area (Å²) in [6.07, 6.45) is 0. The fraction of sp³-hybridized carbons (Fsp3) is 0.0476. The molecule has 0 aliphatic rings.